The van der Waals surface area contributed by atoms with Crippen molar-refractivity contribution in [1.29, 1.82) is 0 Å². The fourth-order valence-electron chi connectivity index (χ4n) is 3.22. The number of nitrogens with one attached hydrogen (secondary N) is 1. The number of carbonyl (C=O) groups is 2. The van der Waals surface area contributed by atoms with Crippen molar-refractivity contribution in [2.45, 2.75) is 40.0 Å². The fourth-order valence-corrected chi connectivity index (χ4v) is 4.61. The zero-order valence-corrected chi connectivity index (χ0v) is 15.7. The number of carbonyl (C=O) groups excluding carboxylic acids is 2. The third kappa shape index (κ3) is 3.76. The van der Waals surface area contributed by atoms with Gasteiger partial charge in [-0.15, -0.1) is 11.3 Å². The molecule has 1 aliphatic carbocycles. The van der Waals surface area contributed by atoms with Crippen LogP contribution in [0.2, 0.25) is 0 Å². The first-order valence-corrected chi connectivity index (χ1v) is 9.51. The highest BCUT2D eigenvalue weighted by molar-refractivity contribution is 7.17. The average molecular weight is 357 g/mol. The number of thiophene rings is 1. The molecule has 1 amide bonds. The van der Waals surface area contributed by atoms with Gasteiger partial charge in [0, 0.05) is 10.4 Å². The Morgan fingerprint density at radius 2 is 2.16 bits per heavy atom. The zero-order valence-electron chi connectivity index (χ0n) is 14.8. The third-order valence-electron chi connectivity index (χ3n) is 4.50. The molecule has 5 heteroatoms. The lowest BCUT2D eigenvalue weighted by Gasteiger charge is -2.18. The number of esters is 1. The van der Waals surface area contributed by atoms with Gasteiger partial charge in [0.15, 0.2) is 0 Å². The number of amides is 1. The highest BCUT2D eigenvalue weighted by Gasteiger charge is 2.29. The number of hydrogen-bond acceptors (Lipinski definition) is 4. The SMILES string of the molecule is CCOC(=O)c1c(NC(=O)c2cccc(C)c2)sc2c1CCC(C)C2. The Hall–Kier alpha value is -2.14. The molecule has 0 saturated carbocycles. The van der Waals surface area contributed by atoms with Crippen molar-refractivity contribution >= 4 is 28.2 Å². The van der Waals surface area contributed by atoms with Gasteiger partial charge in [0.05, 0.1) is 12.2 Å². The first-order valence-electron chi connectivity index (χ1n) is 8.69. The number of hydrogen-bond donors (Lipinski definition) is 1. The number of rotatable bonds is 4. The van der Waals surface area contributed by atoms with Crippen LogP contribution in [0, 0.1) is 12.8 Å². The molecule has 132 valence electrons. The molecular formula is C20H23NO3S. The van der Waals surface area contributed by atoms with E-state index in [0.717, 1.165) is 30.4 Å². The molecule has 1 aliphatic rings. The first kappa shape index (κ1) is 17.7. The standard InChI is InChI=1S/C20H23NO3S/c1-4-24-20(23)17-15-9-8-13(3)11-16(15)25-19(17)21-18(22)14-7-5-6-12(2)10-14/h5-7,10,13H,4,8-9,11H2,1-3H3,(H,21,22). The molecule has 1 aromatic carbocycles. The van der Waals surface area contributed by atoms with Crippen LogP contribution in [-0.2, 0) is 17.6 Å². The Bertz CT molecular complexity index is 809. The summed E-state index contributed by atoms with van der Waals surface area (Å²) in [5.41, 5.74) is 3.22. The van der Waals surface area contributed by atoms with E-state index in [4.69, 9.17) is 4.74 Å². The molecule has 0 spiro atoms. The molecule has 0 bridgehead atoms. The number of aryl methyl sites for hydroxylation is 1. The van der Waals surface area contributed by atoms with E-state index in [9.17, 15) is 9.59 Å². The van der Waals surface area contributed by atoms with E-state index < -0.39 is 0 Å². The maximum atomic E-state index is 12.6. The van der Waals surface area contributed by atoms with Crippen LogP contribution in [-0.4, -0.2) is 18.5 Å². The van der Waals surface area contributed by atoms with E-state index in [1.165, 1.54) is 16.2 Å². The predicted octanol–water partition coefficient (Wildman–Crippen LogP) is 4.61. The largest absolute Gasteiger partial charge is 0.462 e. The van der Waals surface area contributed by atoms with Crippen molar-refractivity contribution in [3.63, 3.8) is 0 Å². The van der Waals surface area contributed by atoms with Crippen molar-refractivity contribution in [3.05, 3.63) is 51.4 Å². The second kappa shape index (κ2) is 7.40. The summed E-state index contributed by atoms with van der Waals surface area (Å²) < 4.78 is 5.24. The Balaban J connectivity index is 1.94. The first-order chi connectivity index (χ1) is 12.0. The molecule has 1 N–H and O–H groups in total. The Morgan fingerprint density at radius 3 is 2.88 bits per heavy atom. The highest BCUT2D eigenvalue weighted by Crippen LogP contribution is 2.40. The summed E-state index contributed by atoms with van der Waals surface area (Å²) in [5, 5.41) is 3.56. The molecule has 0 aliphatic heterocycles. The van der Waals surface area contributed by atoms with Crippen LogP contribution in [0.4, 0.5) is 5.00 Å². The van der Waals surface area contributed by atoms with Gasteiger partial charge < -0.3 is 10.1 Å². The van der Waals surface area contributed by atoms with Crippen molar-refractivity contribution in [3.8, 4) is 0 Å². The molecular weight excluding hydrogens is 334 g/mol. The Kier molecular flexibility index (Phi) is 5.23. The minimum atomic E-state index is -0.339. The number of benzene rings is 1. The lowest BCUT2D eigenvalue weighted by atomic mass is 9.88. The molecule has 0 radical (unpaired) electrons. The van der Waals surface area contributed by atoms with Crippen LogP contribution < -0.4 is 5.32 Å². The topological polar surface area (TPSA) is 55.4 Å². The van der Waals surface area contributed by atoms with E-state index in [1.807, 2.05) is 25.1 Å². The molecule has 1 aromatic heterocycles. The van der Waals surface area contributed by atoms with Gasteiger partial charge in [-0.3, -0.25) is 4.79 Å². The summed E-state index contributed by atoms with van der Waals surface area (Å²) in [5.74, 6) is 0.0662. The van der Waals surface area contributed by atoms with Crippen LogP contribution in [0.15, 0.2) is 24.3 Å². The summed E-state index contributed by atoms with van der Waals surface area (Å²) >= 11 is 1.51. The van der Waals surface area contributed by atoms with Gasteiger partial charge in [0.1, 0.15) is 5.00 Å². The minimum absolute atomic E-state index is 0.194. The quantitative estimate of drug-likeness (QED) is 0.813. The van der Waals surface area contributed by atoms with Gasteiger partial charge >= 0.3 is 5.97 Å². The van der Waals surface area contributed by atoms with Crippen LogP contribution in [0.3, 0.4) is 0 Å². The van der Waals surface area contributed by atoms with E-state index in [1.54, 1.807) is 13.0 Å². The molecule has 2 aromatic rings. The summed E-state index contributed by atoms with van der Waals surface area (Å²) in [7, 11) is 0. The van der Waals surface area contributed by atoms with Crippen LogP contribution in [0.25, 0.3) is 0 Å². The molecule has 3 rings (SSSR count). The fraction of sp³-hybridized carbons (Fsp3) is 0.400. The normalized spacial score (nSPS) is 16.2. The van der Waals surface area contributed by atoms with Crippen molar-refractivity contribution in [2.24, 2.45) is 5.92 Å². The van der Waals surface area contributed by atoms with Crippen LogP contribution in [0.5, 0.6) is 0 Å². The molecule has 1 atom stereocenters. The van der Waals surface area contributed by atoms with Gasteiger partial charge in [-0.2, -0.15) is 0 Å². The van der Waals surface area contributed by atoms with E-state index in [0.29, 0.717) is 28.7 Å². The molecule has 1 unspecified atom stereocenters. The van der Waals surface area contributed by atoms with E-state index in [-0.39, 0.29) is 11.9 Å². The Morgan fingerprint density at radius 1 is 1.36 bits per heavy atom. The zero-order chi connectivity index (χ0) is 18.0. The minimum Gasteiger partial charge on any atom is -0.462 e. The molecule has 0 fully saturated rings. The Labute approximate surface area is 152 Å². The summed E-state index contributed by atoms with van der Waals surface area (Å²) in [6, 6.07) is 7.43. The highest BCUT2D eigenvalue weighted by atomic mass is 32.1. The molecule has 0 saturated heterocycles. The predicted molar refractivity (Wildman–Crippen MR) is 101 cm³/mol. The summed E-state index contributed by atoms with van der Waals surface area (Å²) in [6.45, 7) is 6.29. The van der Waals surface area contributed by atoms with Gasteiger partial charge in [0.25, 0.3) is 5.91 Å². The summed E-state index contributed by atoms with van der Waals surface area (Å²) in [4.78, 5) is 26.3. The smallest absolute Gasteiger partial charge is 0.341 e. The lowest BCUT2D eigenvalue weighted by molar-refractivity contribution is 0.0526. The maximum Gasteiger partial charge on any atom is 0.341 e. The monoisotopic (exact) mass is 357 g/mol. The summed E-state index contributed by atoms with van der Waals surface area (Å²) in [6.07, 6.45) is 2.87. The van der Waals surface area contributed by atoms with Gasteiger partial charge in [-0.05, 0) is 56.7 Å². The third-order valence-corrected chi connectivity index (χ3v) is 5.67. The van der Waals surface area contributed by atoms with Gasteiger partial charge in [-0.25, -0.2) is 4.79 Å². The molecule has 4 nitrogen and oxygen atoms in total. The van der Waals surface area contributed by atoms with Crippen LogP contribution >= 0.6 is 11.3 Å². The molecule has 25 heavy (non-hydrogen) atoms. The lowest BCUT2D eigenvalue weighted by Crippen LogP contribution is -2.16. The van der Waals surface area contributed by atoms with E-state index in [2.05, 4.69) is 12.2 Å². The number of anilines is 1. The van der Waals surface area contributed by atoms with Gasteiger partial charge in [-0.1, -0.05) is 24.6 Å². The second-order valence-electron chi connectivity index (χ2n) is 6.60. The van der Waals surface area contributed by atoms with Crippen LogP contribution in [0.1, 0.15) is 57.0 Å². The molecule has 1 heterocycles. The van der Waals surface area contributed by atoms with E-state index >= 15 is 0 Å². The van der Waals surface area contributed by atoms with Crippen molar-refractivity contribution < 1.29 is 14.3 Å². The van der Waals surface area contributed by atoms with Crippen molar-refractivity contribution in [1.82, 2.24) is 0 Å². The van der Waals surface area contributed by atoms with Gasteiger partial charge in [0.2, 0.25) is 0 Å². The maximum absolute atomic E-state index is 12.6. The second-order valence-corrected chi connectivity index (χ2v) is 7.71. The average Bonchev–Trinajstić information content (AvgIpc) is 2.91. The number of fused-ring (bicyclic) bond motifs is 1. The number of ether oxygens (including phenoxy) is 1. The van der Waals surface area contributed by atoms with Crippen molar-refractivity contribution in [2.75, 3.05) is 11.9 Å².